The van der Waals surface area contributed by atoms with Crippen LogP contribution in [0.15, 0.2) is 12.3 Å². The number of fused-ring (bicyclic) bond motifs is 1. The zero-order valence-electron chi connectivity index (χ0n) is 5.63. The Hall–Kier alpha value is -0.990. The van der Waals surface area contributed by atoms with Crippen molar-refractivity contribution in [3.8, 4) is 0 Å². The van der Waals surface area contributed by atoms with E-state index in [4.69, 9.17) is 0 Å². The van der Waals surface area contributed by atoms with Crippen molar-refractivity contribution in [3.05, 3.63) is 12.3 Å². The van der Waals surface area contributed by atoms with Crippen LogP contribution in [0.5, 0.6) is 0 Å². The fourth-order valence-electron chi connectivity index (χ4n) is 1.52. The molecule has 1 amide bonds. The molecule has 1 saturated heterocycles. The third kappa shape index (κ3) is 0.701. The number of hydrogen-bond acceptors (Lipinski definition) is 2. The molecule has 0 aliphatic carbocycles. The van der Waals surface area contributed by atoms with Crippen LogP contribution in [0.25, 0.3) is 0 Å². The van der Waals surface area contributed by atoms with Gasteiger partial charge in [0.05, 0.1) is 5.92 Å². The number of hydrogen-bond donors (Lipinski definition) is 2. The van der Waals surface area contributed by atoms with Crippen molar-refractivity contribution in [2.75, 3.05) is 6.54 Å². The molecular formula is C7H10N2O. The average Bonchev–Trinajstić information content (AvgIpc) is 2.36. The molecule has 2 atom stereocenters. The van der Waals surface area contributed by atoms with Crippen LogP contribution in [0, 0.1) is 5.92 Å². The summed E-state index contributed by atoms with van der Waals surface area (Å²) in [5.41, 5.74) is 0. The fraction of sp³-hybridized carbons (Fsp3) is 0.571. The summed E-state index contributed by atoms with van der Waals surface area (Å²) in [4.78, 5) is 11.1. The van der Waals surface area contributed by atoms with E-state index in [1.165, 1.54) is 0 Å². The third-order valence-corrected chi connectivity index (χ3v) is 2.10. The molecule has 0 spiro atoms. The molecule has 0 aromatic carbocycles. The highest BCUT2D eigenvalue weighted by molar-refractivity contribution is 5.82. The fourth-order valence-corrected chi connectivity index (χ4v) is 1.52. The van der Waals surface area contributed by atoms with Crippen LogP contribution in [0.1, 0.15) is 6.42 Å². The lowest BCUT2D eigenvalue weighted by Crippen LogP contribution is -2.46. The van der Waals surface area contributed by atoms with Crippen molar-refractivity contribution in [3.63, 3.8) is 0 Å². The molecule has 1 fully saturated rings. The van der Waals surface area contributed by atoms with Crippen molar-refractivity contribution in [1.29, 1.82) is 0 Å². The lowest BCUT2D eigenvalue weighted by Gasteiger charge is -2.24. The Morgan fingerprint density at radius 2 is 2.50 bits per heavy atom. The third-order valence-electron chi connectivity index (χ3n) is 2.10. The number of rotatable bonds is 0. The second kappa shape index (κ2) is 2.01. The molecule has 54 valence electrons. The Kier molecular flexibility index (Phi) is 1.16. The van der Waals surface area contributed by atoms with Crippen LogP contribution in [0.2, 0.25) is 0 Å². The summed E-state index contributed by atoms with van der Waals surface area (Å²) in [6, 6.07) is 0.369. The summed E-state index contributed by atoms with van der Waals surface area (Å²) in [6.07, 6.45) is 4.85. The van der Waals surface area contributed by atoms with Gasteiger partial charge in [0.1, 0.15) is 0 Å². The van der Waals surface area contributed by atoms with Crippen LogP contribution < -0.4 is 10.6 Å². The highest BCUT2D eigenvalue weighted by atomic mass is 16.2. The van der Waals surface area contributed by atoms with E-state index >= 15 is 0 Å². The summed E-state index contributed by atoms with van der Waals surface area (Å²) in [6.45, 7) is 0.814. The van der Waals surface area contributed by atoms with Crippen molar-refractivity contribution >= 4 is 5.91 Å². The molecule has 0 bridgehead atoms. The van der Waals surface area contributed by atoms with Gasteiger partial charge in [-0.2, -0.15) is 0 Å². The Bertz CT molecular complexity index is 188. The molecule has 2 aliphatic heterocycles. The maximum absolute atomic E-state index is 11.1. The molecule has 0 aromatic heterocycles. The van der Waals surface area contributed by atoms with Gasteiger partial charge in [-0.25, -0.2) is 0 Å². The number of carbonyl (C=O) groups excluding carboxylic acids is 1. The van der Waals surface area contributed by atoms with Gasteiger partial charge in [-0.1, -0.05) is 6.08 Å². The normalized spacial score (nSPS) is 36.6. The minimum absolute atomic E-state index is 0.0914. The zero-order chi connectivity index (χ0) is 6.97. The maximum Gasteiger partial charge on any atom is 0.229 e. The quantitative estimate of drug-likeness (QED) is 0.478. The molecule has 2 unspecified atom stereocenters. The first-order valence-electron chi connectivity index (χ1n) is 3.58. The standard InChI is InChI=1S/C7H10N2O/c10-7-5-1-3-8-6(5)2-4-9-7/h1,3,5-6,8H,2,4H2,(H,9,10). The highest BCUT2D eigenvalue weighted by Crippen LogP contribution is 2.17. The van der Waals surface area contributed by atoms with Crippen molar-refractivity contribution in [2.24, 2.45) is 5.92 Å². The molecule has 2 N–H and O–H groups in total. The molecule has 2 rings (SSSR count). The Labute approximate surface area is 59.5 Å². The molecule has 3 heteroatoms. The van der Waals surface area contributed by atoms with E-state index in [-0.39, 0.29) is 11.8 Å². The van der Waals surface area contributed by atoms with E-state index in [0.717, 1.165) is 13.0 Å². The van der Waals surface area contributed by atoms with Crippen LogP contribution in [-0.4, -0.2) is 18.5 Å². The topological polar surface area (TPSA) is 41.1 Å². The monoisotopic (exact) mass is 138 g/mol. The number of amides is 1. The van der Waals surface area contributed by atoms with E-state index < -0.39 is 0 Å². The van der Waals surface area contributed by atoms with E-state index in [0.29, 0.717) is 6.04 Å². The van der Waals surface area contributed by atoms with Gasteiger partial charge >= 0.3 is 0 Å². The second-order valence-corrected chi connectivity index (χ2v) is 2.74. The molecule has 10 heavy (non-hydrogen) atoms. The average molecular weight is 138 g/mol. The first-order chi connectivity index (χ1) is 4.88. The first-order valence-corrected chi connectivity index (χ1v) is 3.58. The molecule has 2 heterocycles. The Morgan fingerprint density at radius 1 is 1.60 bits per heavy atom. The lowest BCUT2D eigenvalue weighted by molar-refractivity contribution is -0.125. The highest BCUT2D eigenvalue weighted by Gasteiger charge is 2.31. The van der Waals surface area contributed by atoms with E-state index in [1.807, 2.05) is 12.3 Å². The van der Waals surface area contributed by atoms with E-state index in [2.05, 4.69) is 10.6 Å². The molecule has 2 aliphatic rings. The van der Waals surface area contributed by atoms with Crippen molar-refractivity contribution < 1.29 is 4.79 Å². The first kappa shape index (κ1) is 5.77. The molecule has 0 radical (unpaired) electrons. The van der Waals surface area contributed by atoms with Crippen LogP contribution in [-0.2, 0) is 4.79 Å². The maximum atomic E-state index is 11.1. The summed E-state index contributed by atoms with van der Waals surface area (Å²) in [5, 5.41) is 5.97. The minimum Gasteiger partial charge on any atom is -0.387 e. The molecule has 0 saturated carbocycles. The minimum atomic E-state index is 0.0914. The van der Waals surface area contributed by atoms with Gasteiger partial charge in [0.25, 0.3) is 0 Å². The SMILES string of the molecule is O=C1NCCC2NC=CC12. The lowest BCUT2D eigenvalue weighted by atomic mass is 9.95. The van der Waals surface area contributed by atoms with Gasteiger partial charge in [-0.3, -0.25) is 4.79 Å². The second-order valence-electron chi connectivity index (χ2n) is 2.74. The van der Waals surface area contributed by atoms with Crippen LogP contribution in [0.4, 0.5) is 0 Å². The van der Waals surface area contributed by atoms with Gasteiger partial charge in [-0.05, 0) is 12.6 Å². The van der Waals surface area contributed by atoms with Gasteiger partial charge in [0.2, 0.25) is 5.91 Å². The Balaban J connectivity index is 2.16. The predicted octanol–water partition coefficient (Wildman–Crippen LogP) is -0.392. The number of piperidine rings is 1. The van der Waals surface area contributed by atoms with Gasteiger partial charge in [-0.15, -0.1) is 0 Å². The summed E-state index contributed by atoms with van der Waals surface area (Å²) >= 11 is 0. The Morgan fingerprint density at radius 3 is 3.30 bits per heavy atom. The largest absolute Gasteiger partial charge is 0.387 e. The summed E-state index contributed by atoms with van der Waals surface area (Å²) in [5.74, 6) is 0.256. The molecule has 3 nitrogen and oxygen atoms in total. The van der Waals surface area contributed by atoms with E-state index in [1.54, 1.807) is 0 Å². The van der Waals surface area contributed by atoms with Gasteiger partial charge in [0.15, 0.2) is 0 Å². The van der Waals surface area contributed by atoms with Crippen LogP contribution in [0.3, 0.4) is 0 Å². The zero-order valence-corrected chi connectivity index (χ0v) is 5.63. The van der Waals surface area contributed by atoms with E-state index in [9.17, 15) is 4.79 Å². The molecule has 0 aromatic rings. The summed E-state index contributed by atoms with van der Waals surface area (Å²) < 4.78 is 0. The van der Waals surface area contributed by atoms with Crippen molar-refractivity contribution in [2.45, 2.75) is 12.5 Å². The van der Waals surface area contributed by atoms with Crippen LogP contribution >= 0.6 is 0 Å². The van der Waals surface area contributed by atoms with Crippen molar-refractivity contribution in [1.82, 2.24) is 10.6 Å². The number of nitrogens with one attached hydrogen (secondary N) is 2. The number of carbonyl (C=O) groups is 1. The molecular weight excluding hydrogens is 128 g/mol. The summed E-state index contributed by atoms with van der Waals surface area (Å²) in [7, 11) is 0. The smallest absolute Gasteiger partial charge is 0.229 e. The predicted molar refractivity (Wildman–Crippen MR) is 37.2 cm³/mol. The van der Waals surface area contributed by atoms with Gasteiger partial charge in [0, 0.05) is 12.6 Å². The van der Waals surface area contributed by atoms with Gasteiger partial charge < -0.3 is 10.6 Å².